The average molecular weight is 579 g/mol. The third-order valence-corrected chi connectivity index (χ3v) is 11.7. The smallest absolute Gasteiger partial charge is 0.255 e. The Hall–Kier alpha value is -3.21. The molecule has 7 aliphatic carbocycles. The Balaban J connectivity index is 1.40. The molecule has 8 rings (SSSR count). The Morgan fingerprint density at radius 1 is 0.952 bits per heavy atom. The number of rotatable bonds is 3. The SMILES string of the molecule is C[C@@H]1c2ccc(C3C4CC5CC(C4)CC3C5)c(O)c2C(O)=C2C(=O)[C@@]3(O)C(O)=C(C(N)=O)C(=O)[C@H](N(C)C)[C@H]3[C@H](O)[C@H]21. The minimum absolute atomic E-state index is 0.0947. The van der Waals surface area contributed by atoms with Gasteiger partial charge in [0.25, 0.3) is 5.91 Å². The normalized spacial score (nSPS) is 42.1. The van der Waals surface area contributed by atoms with Crippen LogP contribution in [-0.4, -0.2) is 79.7 Å². The number of likely N-dealkylation sites (N-methyl/N-ethyl adjacent to an activating group) is 1. The van der Waals surface area contributed by atoms with Gasteiger partial charge in [0.05, 0.1) is 23.6 Å². The third-order valence-electron chi connectivity index (χ3n) is 11.7. The van der Waals surface area contributed by atoms with E-state index >= 15 is 0 Å². The highest BCUT2D eigenvalue weighted by molar-refractivity contribution is 6.24. The number of benzene rings is 1. The molecule has 5 saturated carbocycles. The number of phenolic OH excluding ortho intramolecular Hbond substituents is 1. The molecular weight excluding hydrogens is 540 g/mol. The van der Waals surface area contributed by atoms with Gasteiger partial charge in [-0.05, 0) is 92.8 Å². The van der Waals surface area contributed by atoms with Gasteiger partial charge in [-0.2, -0.15) is 0 Å². The van der Waals surface area contributed by atoms with Gasteiger partial charge in [0, 0.05) is 11.5 Å². The van der Waals surface area contributed by atoms with Crippen molar-refractivity contribution in [2.45, 2.75) is 68.6 Å². The average Bonchev–Trinajstić information content (AvgIpc) is 2.90. The number of carbonyl (C=O) groups is 3. The number of aliphatic hydroxyl groups excluding tert-OH is 3. The lowest BCUT2D eigenvalue weighted by atomic mass is 9.50. The molecule has 0 spiro atoms. The number of nitrogens with two attached hydrogens (primary N) is 1. The molecule has 10 nitrogen and oxygen atoms in total. The number of hydrogen-bond acceptors (Lipinski definition) is 9. The number of hydrogen-bond donors (Lipinski definition) is 6. The van der Waals surface area contributed by atoms with E-state index in [1.54, 1.807) is 6.92 Å². The summed E-state index contributed by atoms with van der Waals surface area (Å²) < 4.78 is 0. The summed E-state index contributed by atoms with van der Waals surface area (Å²) >= 11 is 0. The Bertz CT molecular complexity index is 1480. The van der Waals surface area contributed by atoms with E-state index < -0.39 is 70.1 Å². The number of aromatic hydroxyl groups is 1. The molecule has 0 aliphatic heterocycles. The highest BCUT2D eigenvalue weighted by atomic mass is 16.4. The number of amides is 1. The number of aliphatic hydroxyl groups is 4. The first-order valence-electron chi connectivity index (χ1n) is 15.0. The number of carbonyl (C=O) groups excluding carboxylic acids is 3. The summed E-state index contributed by atoms with van der Waals surface area (Å²) in [5, 5.41) is 58.3. The lowest BCUT2D eigenvalue weighted by molar-refractivity contribution is -0.169. The number of primary amides is 1. The molecule has 42 heavy (non-hydrogen) atoms. The highest BCUT2D eigenvalue weighted by Crippen LogP contribution is 2.62. The molecule has 4 bridgehead atoms. The lowest BCUT2D eigenvalue weighted by Crippen LogP contribution is -2.70. The zero-order valence-corrected chi connectivity index (χ0v) is 23.9. The maximum atomic E-state index is 14.2. The second-order valence-corrected chi connectivity index (χ2v) is 14.0. The summed E-state index contributed by atoms with van der Waals surface area (Å²) in [5.41, 5.74) is 2.62. The first kappa shape index (κ1) is 27.6. The van der Waals surface area contributed by atoms with Crippen LogP contribution < -0.4 is 5.73 Å². The Morgan fingerprint density at radius 3 is 2.07 bits per heavy atom. The van der Waals surface area contributed by atoms with Gasteiger partial charge in [0.2, 0.25) is 5.78 Å². The fourth-order valence-electron chi connectivity index (χ4n) is 10.3. The van der Waals surface area contributed by atoms with E-state index in [4.69, 9.17) is 5.73 Å². The monoisotopic (exact) mass is 578 g/mol. The van der Waals surface area contributed by atoms with Crippen molar-refractivity contribution in [3.05, 3.63) is 45.7 Å². The van der Waals surface area contributed by atoms with Crippen molar-refractivity contribution >= 4 is 23.2 Å². The third kappa shape index (κ3) is 3.28. The van der Waals surface area contributed by atoms with Crippen molar-refractivity contribution in [3.8, 4) is 5.75 Å². The predicted molar refractivity (Wildman–Crippen MR) is 150 cm³/mol. The molecule has 0 heterocycles. The van der Waals surface area contributed by atoms with Crippen LogP contribution in [0.5, 0.6) is 5.75 Å². The molecule has 0 unspecified atom stereocenters. The molecule has 6 atom stereocenters. The van der Waals surface area contributed by atoms with E-state index in [0.29, 0.717) is 17.4 Å². The van der Waals surface area contributed by atoms with E-state index in [9.17, 15) is 39.9 Å². The summed E-state index contributed by atoms with van der Waals surface area (Å²) in [7, 11) is 2.99. The van der Waals surface area contributed by atoms with Crippen molar-refractivity contribution in [3.63, 3.8) is 0 Å². The summed E-state index contributed by atoms with van der Waals surface area (Å²) in [6.45, 7) is 1.76. The Morgan fingerprint density at radius 2 is 1.52 bits per heavy atom. The fourth-order valence-corrected chi connectivity index (χ4v) is 10.3. The zero-order valence-electron chi connectivity index (χ0n) is 23.9. The van der Waals surface area contributed by atoms with Gasteiger partial charge in [-0.15, -0.1) is 0 Å². The van der Waals surface area contributed by atoms with Crippen LogP contribution in [0.15, 0.2) is 29.0 Å². The summed E-state index contributed by atoms with van der Waals surface area (Å²) in [4.78, 5) is 41.2. The fraction of sp³-hybridized carbons (Fsp3) is 0.594. The van der Waals surface area contributed by atoms with Crippen molar-refractivity contribution < 1.29 is 39.9 Å². The van der Waals surface area contributed by atoms with Gasteiger partial charge in [0.1, 0.15) is 22.8 Å². The van der Waals surface area contributed by atoms with Crippen LogP contribution in [0.2, 0.25) is 0 Å². The van der Waals surface area contributed by atoms with Crippen molar-refractivity contribution in [2.24, 2.45) is 41.2 Å². The molecule has 10 heteroatoms. The molecule has 1 aromatic rings. The topological polar surface area (TPSA) is 182 Å². The maximum absolute atomic E-state index is 14.2. The second kappa shape index (κ2) is 8.90. The molecule has 0 saturated heterocycles. The van der Waals surface area contributed by atoms with Crippen molar-refractivity contribution in [1.29, 1.82) is 0 Å². The van der Waals surface area contributed by atoms with Crippen LogP contribution in [-0.2, 0) is 14.4 Å². The number of fused-ring (bicyclic) bond motifs is 3. The first-order chi connectivity index (χ1) is 19.8. The van der Waals surface area contributed by atoms with Gasteiger partial charge < -0.3 is 31.3 Å². The zero-order chi connectivity index (χ0) is 30.2. The number of nitrogens with zero attached hydrogens (tertiary/aromatic N) is 1. The van der Waals surface area contributed by atoms with Crippen LogP contribution in [0.1, 0.15) is 67.6 Å². The Labute approximate surface area is 243 Å². The molecular formula is C32H38N2O8. The number of phenols is 1. The molecule has 7 aliphatic rings. The molecule has 0 aromatic heterocycles. The number of Topliss-reactive ketones (excluding diaryl/α,β-unsaturated/α-hetero) is 2. The van der Waals surface area contributed by atoms with Crippen LogP contribution >= 0.6 is 0 Å². The molecule has 7 N–H and O–H groups in total. The minimum atomic E-state index is -2.90. The van der Waals surface area contributed by atoms with Crippen molar-refractivity contribution in [2.75, 3.05) is 14.1 Å². The molecule has 0 radical (unpaired) electrons. The predicted octanol–water partition coefficient (Wildman–Crippen LogP) is 2.04. The summed E-state index contributed by atoms with van der Waals surface area (Å²) in [6, 6.07) is 2.41. The quantitative estimate of drug-likeness (QED) is 0.292. The van der Waals surface area contributed by atoms with Gasteiger partial charge in [-0.25, -0.2) is 0 Å². The largest absolute Gasteiger partial charge is 0.508 e. The maximum Gasteiger partial charge on any atom is 0.255 e. The standard InChI is InChI=1S/C32H38N2O8/c1-11-16-4-5-17(19-14-7-12-6-13(9-14)10-15(19)8-12)25(35)20(16)26(36)21-18(11)27(37)23-24(34(2)3)28(38)22(31(33)41)30(40)32(23,42)29(21)39/h4-5,11-15,18-19,23-24,27,35-37,40,42H,6-10H2,1-3H3,(H2,33,41)/t11-,12?,13?,14?,15?,18+,19?,23+,24-,27-,32-/m1/s1. The molecule has 1 amide bonds. The second-order valence-electron chi connectivity index (χ2n) is 14.0. The first-order valence-corrected chi connectivity index (χ1v) is 15.0. The van der Waals surface area contributed by atoms with Crippen LogP contribution in [0, 0.1) is 35.5 Å². The summed E-state index contributed by atoms with van der Waals surface area (Å²) in [6.07, 6.45) is 4.19. The minimum Gasteiger partial charge on any atom is -0.508 e. The van der Waals surface area contributed by atoms with Gasteiger partial charge in [0.15, 0.2) is 11.4 Å². The van der Waals surface area contributed by atoms with Crippen LogP contribution in [0.25, 0.3) is 5.76 Å². The lowest BCUT2D eigenvalue weighted by Gasteiger charge is -2.55. The van der Waals surface area contributed by atoms with Gasteiger partial charge in [-0.3, -0.25) is 19.3 Å². The van der Waals surface area contributed by atoms with Crippen molar-refractivity contribution in [1.82, 2.24) is 4.90 Å². The van der Waals surface area contributed by atoms with E-state index in [1.807, 2.05) is 12.1 Å². The van der Waals surface area contributed by atoms with Crippen LogP contribution in [0.3, 0.4) is 0 Å². The van der Waals surface area contributed by atoms with E-state index in [2.05, 4.69) is 0 Å². The Kier molecular flexibility index (Phi) is 5.85. The highest BCUT2D eigenvalue weighted by Gasteiger charge is 2.68. The van der Waals surface area contributed by atoms with Gasteiger partial charge in [-0.1, -0.05) is 19.1 Å². The van der Waals surface area contributed by atoms with E-state index in [1.165, 1.54) is 25.4 Å². The van der Waals surface area contributed by atoms with E-state index in [-0.39, 0.29) is 22.8 Å². The van der Waals surface area contributed by atoms with Gasteiger partial charge >= 0.3 is 0 Å². The molecule has 5 fully saturated rings. The number of ketones is 2. The summed E-state index contributed by atoms with van der Waals surface area (Å²) in [5.74, 6) is -5.97. The molecule has 224 valence electrons. The van der Waals surface area contributed by atoms with E-state index in [0.717, 1.165) is 43.1 Å². The molecule has 1 aromatic carbocycles. The van der Waals surface area contributed by atoms with Crippen LogP contribution in [0.4, 0.5) is 0 Å².